The summed E-state index contributed by atoms with van der Waals surface area (Å²) in [6.45, 7) is 0. The summed E-state index contributed by atoms with van der Waals surface area (Å²) in [6, 6.07) is 7.67. The molecule has 2 heterocycles. The van der Waals surface area contributed by atoms with E-state index < -0.39 is 21.9 Å². The third-order valence-corrected chi connectivity index (χ3v) is 4.36. The van der Waals surface area contributed by atoms with E-state index in [0.29, 0.717) is 22.3 Å². The lowest BCUT2D eigenvalue weighted by atomic mass is 9.85. The first-order valence-corrected chi connectivity index (χ1v) is 6.71. The predicted octanol–water partition coefficient (Wildman–Crippen LogP) is 2.99. The van der Waals surface area contributed by atoms with E-state index in [1.807, 2.05) is 0 Å². The minimum absolute atomic E-state index is 0.0642. The van der Waals surface area contributed by atoms with Gasteiger partial charge in [-0.15, -0.1) is 4.91 Å². The van der Waals surface area contributed by atoms with Crippen molar-refractivity contribution in [1.29, 1.82) is 0 Å². The van der Waals surface area contributed by atoms with Gasteiger partial charge in [0.05, 0.1) is 15.1 Å². The van der Waals surface area contributed by atoms with E-state index in [1.54, 1.807) is 12.1 Å². The van der Waals surface area contributed by atoms with E-state index >= 15 is 0 Å². The highest BCUT2D eigenvalue weighted by atomic mass is 16.6. The second-order valence-corrected chi connectivity index (χ2v) is 5.41. The molecule has 0 aromatic heterocycles. The molecule has 2 aromatic rings. The predicted molar refractivity (Wildman–Crippen MR) is 77.5 cm³/mol. The quantitative estimate of drug-likeness (QED) is 0.488. The van der Waals surface area contributed by atoms with E-state index in [4.69, 9.17) is 0 Å². The van der Waals surface area contributed by atoms with Crippen LogP contribution in [0.15, 0.2) is 41.7 Å². The Bertz CT molecular complexity index is 827. The monoisotopic (exact) mass is 312 g/mol. The van der Waals surface area contributed by atoms with Crippen LogP contribution in [0.5, 0.6) is 0 Å². The van der Waals surface area contributed by atoms with Gasteiger partial charge in [-0.25, -0.2) is 5.01 Å². The highest BCUT2D eigenvalue weighted by Crippen LogP contribution is 2.57. The molecule has 9 heteroatoms. The van der Waals surface area contributed by atoms with Crippen LogP contribution in [0, 0.1) is 25.1 Å². The van der Waals surface area contributed by atoms with Crippen LogP contribution in [-0.4, -0.2) is 14.9 Å². The summed E-state index contributed by atoms with van der Waals surface area (Å²) in [7, 11) is 0. The fraction of sp³-hybridized carbons (Fsp3) is 0.143. The maximum absolute atomic E-state index is 11.3. The van der Waals surface area contributed by atoms with Gasteiger partial charge in [-0.3, -0.25) is 20.2 Å². The molecule has 2 atom stereocenters. The molecule has 2 aliphatic rings. The minimum atomic E-state index is -0.539. The van der Waals surface area contributed by atoms with Crippen LogP contribution in [0.1, 0.15) is 34.3 Å². The lowest BCUT2D eigenvalue weighted by molar-refractivity contribution is -0.385. The zero-order chi connectivity index (χ0) is 16.3. The van der Waals surface area contributed by atoms with Crippen molar-refractivity contribution in [2.75, 3.05) is 0 Å². The first kappa shape index (κ1) is 13.3. The molecule has 2 unspecified atom stereocenters. The Hall–Kier alpha value is -3.36. The zero-order valence-electron chi connectivity index (χ0n) is 11.4. The average molecular weight is 312 g/mol. The number of nitro benzene ring substituents is 2. The maximum atomic E-state index is 11.3. The topological polar surface area (TPSA) is 119 Å². The molecule has 9 nitrogen and oxygen atoms in total. The molecule has 114 valence electrons. The molecule has 2 bridgehead atoms. The summed E-state index contributed by atoms with van der Waals surface area (Å²) in [5, 5.41) is 26.2. The molecule has 0 saturated carbocycles. The van der Waals surface area contributed by atoms with Crippen molar-refractivity contribution < 1.29 is 9.85 Å². The molecule has 0 amide bonds. The number of nitroso groups, excluding NO2 is 1. The van der Waals surface area contributed by atoms with E-state index in [2.05, 4.69) is 5.29 Å². The van der Waals surface area contributed by atoms with Gasteiger partial charge in [0.25, 0.3) is 11.4 Å². The van der Waals surface area contributed by atoms with E-state index in [9.17, 15) is 25.1 Å². The lowest BCUT2D eigenvalue weighted by Gasteiger charge is -2.15. The van der Waals surface area contributed by atoms with Gasteiger partial charge in [0.1, 0.15) is 12.1 Å². The van der Waals surface area contributed by atoms with Crippen LogP contribution in [0.3, 0.4) is 0 Å². The van der Waals surface area contributed by atoms with Crippen molar-refractivity contribution in [2.45, 2.75) is 12.1 Å². The number of benzene rings is 2. The summed E-state index contributed by atoms with van der Waals surface area (Å²) in [5.74, 6) is 0. The average Bonchev–Trinajstić information content (AvgIpc) is 3.04. The smallest absolute Gasteiger partial charge is 0.258 e. The van der Waals surface area contributed by atoms with Crippen LogP contribution in [-0.2, 0) is 0 Å². The van der Waals surface area contributed by atoms with Crippen LogP contribution in [0.4, 0.5) is 11.4 Å². The van der Waals surface area contributed by atoms with Gasteiger partial charge in [0.2, 0.25) is 0 Å². The van der Waals surface area contributed by atoms with Crippen molar-refractivity contribution in [3.8, 4) is 0 Å². The van der Waals surface area contributed by atoms with Crippen LogP contribution in [0.2, 0.25) is 0 Å². The number of fused-ring (bicyclic) bond motifs is 8. The van der Waals surface area contributed by atoms with Gasteiger partial charge in [0, 0.05) is 24.3 Å². The summed E-state index contributed by atoms with van der Waals surface area (Å²) < 4.78 is 0. The molecular weight excluding hydrogens is 304 g/mol. The zero-order valence-corrected chi connectivity index (χ0v) is 11.4. The Morgan fingerprint density at radius 3 is 1.61 bits per heavy atom. The SMILES string of the molecule is O=NN1C2c3ccc([N+](=O)[O-])cc3C1c1ccc([N+](=O)[O-])cc12. The van der Waals surface area contributed by atoms with E-state index in [1.165, 1.54) is 29.3 Å². The maximum Gasteiger partial charge on any atom is 0.269 e. The minimum Gasteiger partial charge on any atom is -0.258 e. The standard InChI is InChI=1S/C14H8N4O5/c19-15-16-13-9-3-1-7(17(20)21)5-11(9)14(16)10-4-2-8(18(22)23)6-12(10)13/h1-6,13-14H. The van der Waals surface area contributed by atoms with Crippen molar-refractivity contribution in [3.63, 3.8) is 0 Å². The summed E-state index contributed by atoms with van der Waals surface area (Å²) in [5.41, 5.74) is 2.59. The van der Waals surface area contributed by atoms with Gasteiger partial charge in [-0.1, -0.05) is 0 Å². The molecule has 2 aromatic carbocycles. The second-order valence-electron chi connectivity index (χ2n) is 5.41. The molecule has 0 radical (unpaired) electrons. The molecule has 0 aliphatic carbocycles. The molecule has 4 rings (SSSR count). The van der Waals surface area contributed by atoms with Gasteiger partial charge in [0.15, 0.2) is 0 Å². The van der Waals surface area contributed by atoms with Crippen molar-refractivity contribution in [2.24, 2.45) is 5.29 Å². The lowest BCUT2D eigenvalue weighted by Crippen LogP contribution is -2.12. The third-order valence-electron chi connectivity index (χ3n) is 4.36. The van der Waals surface area contributed by atoms with Gasteiger partial charge in [-0.05, 0) is 34.4 Å². The Labute approximate surface area is 128 Å². The van der Waals surface area contributed by atoms with Gasteiger partial charge >= 0.3 is 0 Å². The van der Waals surface area contributed by atoms with Crippen LogP contribution in [0.25, 0.3) is 0 Å². The first-order valence-electron chi connectivity index (χ1n) is 6.71. The molecule has 0 N–H and O–H groups in total. The van der Waals surface area contributed by atoms with Crippen LogP contribution >= 0.6 is 0 Å². The summed E-state index contributed by atoms with van der Waals surface area (Å²) in [6.07, 6.45) is 0. The molecular formula is C14H8N4O5. The van der Waals surface area contributed by atoms with Gasteiger partial charge in [-0.2, -0.15) is 0 Å². The Morgan fingerprint density at radius 1 is 0.826 bits per heavy atom. The van der Waals surface area contributed by atoms with Crippen molar-refractivity contribution in [1.82, 2.24) is 5.01 Å². The third kappa shape index (κ3) is 1.61. The van der Waals surface area contributed by atoms with E-state index in [-0.39, 0.29) is 11.4 Å². The van der Waals surface area contributed by atoms with Crippen molar-refractivity contribution in [3.05, 3.63) is 83.8 Å². The fourth-order valence-corrected chi connectivity index (χ4v) is 3.47. The Morgan fingerprint density at radius 2 is 1.26 bits per heavy atom. The number of rotatable bonds is 3. The highest BCUT2D eigenvalue weighted by Gasteiger charge is 2.49. The first-order chi connectivity index (χ1) is 11.0. The number of hydrogen-bond donors (Lipinski definition) is 0. The molecule has 23 heavy (non-hydrogen) atoms. The molecule has 0 saturated heterocycles. The number of hydrogen-bond acceptors (Lipinski definition) is 6. The molecule has 2 aliphatic heterocycles. The number of non-ortho nitro benzene ring substituents is 2. The number of nitrogens with zero attached hydrogens (tertiary/aromatic N) is 4. The summed E-state index contributed by atoms with van der Waals surface area (Å²) in [4.78, 5) is 32.2. The normalized spacial score (nSPS) is 20.1. The fourth-order valence-electron chi connectivity index (χ4n) is 3.47. The Kier molecular flexibility index (Phi) is 2.50. The number of nitro groups is 2. The second kappa shape index (κ2) is 4.32. The van der Waals surface area contributed by atoms with Crippen LogP contribution < -0.4 is 0 Å². The Balaban J connectivity index is 1.92. The largest absolute Gasteiger partial charge is 0.269 e. The molecule has 0 fully saturated rings. The highest BCUT2D eigenvalue weighted by molar-refractivity contribution is 5.61. The van der Waals surface area contributed by atoms with E-state index in [0.717, 1.165) is 0 Å². The molecule has 0 spiro atoms. The van der Waals surface area contributed by atoms with Crippen molar-refractivity contribution >= 4 is 11.4 Å². The van der Waals surface area contributed by atoms with Gasteiger partial charge < -0.3 is 0 Å². The summed E-state index contributed by atoms with van der Waals surface area (Å²) >= 11 is 0.